The molecule has 0 aromatic heterocycles. The SMILES string of the molecule is COc1ccc(C(=O)NCCC[N+](C)(C)CI)cc1. The largest absolute Gasteiger partial charge is 0.497 e. The first kappa shape index (κ1) is 16.2. The maximum Gasteiger partial charge on any atom is 0.251 e. The van der Waals surface area contributed by atoms with E-state index in [2.05, 4.69) is 42.0 Å². The van der Waals surface area contributed by atoms with Gasteiger partial charge in [-0.2, -0.15) is 0 Å². The topological polar surface area (TPSA) is 38.3 Å². The number of carbonyl (C=O) groups is 1. The van der Waals surface area contributed by atoms with Crippen LogP contribution in [0.15, 0.2) is 24.3 Å². The minimum atomic E-state index is -0.0255. The predicted molar refractivity (Wildman–Crippen MR) is 85.8 cm³/mol. The van der Waals surface area contributed by atoms with Crippen LogP contribution in [0.5, 0.6) is 5.75 Å². The average Bonchev–Trinajstić information content (AvgIpc) is 2.43. The number of quaternary nitrogens is 1. The Morgan fingerprint density at radius 1 is 1.32 bits per heavy atom. The van der Waals surface area contributed by atoms with Gasteiger partial charge in [-0.1, -0.05) is 0 Å². The number of nitrogens with zero attached hydrogens (tertiary/aromatic N) is 1. The highest BCUT2D eigenvalue weighted by Crippen LogP contribution is 2.11. The van der Waals surface area contributed by atoms with Crippen LogP contribution in [0.25, 0.3) is 0 Å². The third kappa shape index (κ3) is 5.78. The Bertz CT molecular complexity index is 404. The van der Waals surface area contributed by atoms with Gasteiger partial charge in [0, 0.05) is 18.5 Å². The molecule has 0 spiro atoms. The number of methoxy groups -OCH3 is 1. The molecular weight excluding hydrogens is 355 g/mol. The summed E-state index contributed by atoms with van der Waals surface area (Å²) in [7, 11) is 6.00. The van der Waals surface area contributed by atoms with Gasteiger partial charge in [0.25, 0.3) is 5.91 Å². The summed E-state index contributed by atoms with van der Waals surface area (Å²) in [6.45, 7) is 1.77. The first-order chi connectivity index (χ1) is 8.98. The van der Waals surface area contributed by atoms with Crippen molar-refractivity contribution < 1.29 is 14.0 Å². The van der Waals surface area contributed by atoms with Crippen molar-refractivity contribution in [3.05, 3.63) is 29.8 Å². The van der Waals surface area contributed by atoms with E-state index in [1.807, 2.05) is 0 Å². The van der Waals surface area contributed by atoms with Gasteiger partial charge in [-0.15, -0.1) is 0 Å². The van der Waals surface area contributed by atoms with Crippen molar-refractivity contribution in [2.75, 3.05) is 38.8 Å². The third-order valence-corrected chi connectivity index (χ3v) is 4.75. The lowest BCUT2D eigenvalue weighted by molar-refractivity contribution is -0.874. The van der Waals surface area contributed by atoms with Gasteiger partial charge in [-0.3, -0.25) is 4.79 Å². The van der Waals surface area contributed by atoms with Crippen molar-refractivity contribution in [1.29, 1.82) is 0 Å². The van der Waals surface area contributed by atoms with Crippen molar-refractivity contribution in [3.8, 4) is 5.75 Å². The summed E-state index contributed by atoms with van der Waals surface area (Å²) >= 11 is 2.38. The molecule has 0 aliphatic heterocycles. The molecule has 0 heterocycles. The molecule has 19 heavy (non-hydrogen) atoms. The number of nitrogens with one attached hydrogen (secondary N) is 1. The van der Waals surface area contributed by atoms with Gasteiger partial charge in [-0.25, -0.2) is 0 Å². The fourth-order valence-corrected chi connectivity index (χ4v) is 1.95. The summed E-state index contributed by atoms with van der Waals surface area (Å²) in [5, 5.41) is 2.94. The number of hydrogen-bond acceptors (Lipinski definition) is 2. The fourth-order valence-electron chi connectivity index (χ4n) is 1.61. The number of hydrogen-bond donors (Lipinski definition) is 1. The second-order valence-electron chi connectivity index (χ2n) is 5.12. The number of alkyl halides is 1. The van der Waals surface area contributed by atoms with Crippen LogP contribution >= 0.6 is 22.6 Å². The van der Waals surface area contributed by atoms with E-state index in [0.717, 1.165) is 27.7 Å². The van der Waals surface area contributed by atoms with Gasteiger partial charge < -0.3 is 14.5 Å². The molecule has 0 unspecified atom stereocenters. The van der Waals surface area contributed by atoms with Crippen LogP contribution in [0.1, 0.15) is 16.8 Å². The molecule has 1 N–H and O–H groups in total. The van der Waals surface area contributed by atoms with Crippen LogP contribution in [-0.2, 0) is 0 Å². The molecule has 0 saturated heterocycles. The molecule has 1 rings (SSSR count). The maximum atomic E-state index is 11.9. The van der Waals surface area contributed by atoms with Gasteiger partial charge >= 0.3 is 0 Å². The van der Waals surface area contributed by atoms with E-state index in [0.29, 0.717) is 12.1 Å². The molecule has 106 valence electrons. The number of halogens is 1. The van der Waals surface area contributed by atoms with Crippen LogP contribution < -0.4 is 10.1 Å². The Morgan fingerprint density at radius 2 is 1.95 bits per heavy atom. The lowest BCUT2D eigenvalue weighted by Crippen LogP contribution is -2.40. The zero-order valence-corrected chi connectivity index (χ0v) is 13.9. The van der Waals surface area contributed by atoms with E-state index < -0.39 is 0 Å². The number of rotatable bonds is 7. The lowest BCUT2D eigenvalue weighted by Gasteiger charge is -2.27. The Morgan fingerprint density at radius 3 is 2.47 bits per heavy atom. The zero-order valence-electron chi connectivity index (χ0n) is 11.8. The average molecular weight is 377 g/mol. The second-order valence-corrected chi connectivity index (χ2v) is 5.80. The molecule has 0 aliphatic carbocycles. The minimum Gasteiger partial charge on any atom is -0.497 e. The summed E-state index contributed by atoms with van der Waals surface area (Å²) in [4.78, 5) is 11.9. The lowest BCUT2D eigenvalue weighted by atomic mass is 10.2. The van der Waals surface area contributed by atoms with Gasteiger partial charge in [-0.05, 0) is 46.9 Å². The van der Waals surface area contributed by atoms with E-state index in [-0.39, 0.29) is 5.91 Å². The number of amides is 1. The first-order valence-electron chi connectivity index (χ1n) is 6.29. The maximum absolute atomic E-state index is 11.9. The second kappa shape index (κ2) is 7.69. The summed E-state index contributed by atoms with van der Waals surface area (Å²) in [6, 6.07) is 7.15. The molecule has 0 aliphatic rings. The predicted octanol–water partition coefficient (Wildman–Crippen LogP) is 2.28. The molecule has 1 aromatic rings. The van der Waals surface area contributed by atoms with Crippen molar-refractivity contribution in [3.63, 3.8) is 0 Å². The van der Waals surface area contributed by atoms with Gasteiger partial charge in [0.2, 0.25) is 0 Å². The molecule has 0 bridgehead atoms. The Hall–Kier alpha value is -0.820. The zero-order chi connectivity index (χ0) is 14.3. The molecule has 0 fully saturated rings. The molecular formula is C14H22IN2O2+. The molecule has 0 atom stereocenters. The highest BCUT2D eigenvalue weighted by molar-refractivity contribution is 14.1. The highest BCUT2D eigenvalue weighted by atomic mass is 127. The molecule has 5 heteroatoms. The van der Waals surface area contributed by atoms with Crippen LogP contribution in [0.3, 0.4) is 0 Å². The molecule has 0 radical (unpaired) electrons. The summed E-state index contributed by atoms with van der Waals surface area (Å²) in [5.74, 6) is 0.736. The molecule has 4 nitrogen and oxygen atoms in total. The Kier molecular flexibility index (Phi) is 6.57. The quantitative estimate of drug-likeness (QED) is 0.260. The van der Waals surface area contributed by atoms with E-state index in [4.69, 9.17) is 4.74 Å². The molecule has 1 amide bonds. The first-order valence-corrected chi connectivity index (χ1v) is 7.81. The van der Waals surface area contributed by atoms with Gasteiger partial charge in [0.05, 0.1) is 27.7 Å². The summed E-state index contributed by atoms with van der Waals surface area (Å²) in [5.41, 5.74) is 0.670. The van der Waals surface area contributed by atoms with E-state index in [9.17, 15) is 4.79 Å². The van der Waals surface area contributed by atoms with Crippen LogP contribution in [0, 0.1) is 0 Å². The molecule has 0 saturated carbocycles. The van der Waals surface area contributed by atoms with Crippen LogP contribution in [-0.4, -0.2) is 49.2 Å². The van der Waals surface area contributed by atoms with Crippen LogP contribution in [0.2, 0.25) is 0 Å². The Labute approximate surface area is 128 Å². The van der Waals surface area contributed by atoms with E-state index in [1.165, 1.54) is 0 Å². The summed E-state index contributed by atoms with van der Waals surface area (Å²) in [6.07, 6.45) is 0.984. The number of carbonyl (C=O) groups excluding carboxylic acids is 1. The Balaban J connectivity index is 2.35. The number of benzene rings is 1. The van der Waals surface area contributed by atoms with Crippen molar-refractivity contribution in [1.82, 2.24) is 5.32 Å². The monoisotopic (exact) mass is 377 g/mol. The molecule has 1 aromatic carbocycles. The van der Waals surface area contributed by atoms with Crippen molar-refractivity contribution >= 4 is 28.5 Å². The van der Waals surface area contributed by atoms with Crippen LogP contribution in [0.4, 0.5) is 0 Å². The van der Waals surface area contributed by atoms with E-state index in [1.54, 1.807) is 31.4 Å². The van der Waals surface area contributed by atoms with Gasteiger partial charge in [0.1, 0.15) is 10.3 Å². The smallest absolute Gasteiger partial charge is 0.251 e. The summed E-state index contributed by atoms with van der Waals surface area (Å²) < 4.78 is 7.11. The van der Waals surface area contributed by atoms with Crippen molar-refractivity contribution in [2.24, 2.45) is 0 Å². The fraction of sp³-hybridized carbons (Fsp3) is 0.500. The van der Waals surface area contributed by atoms with Gasteiger partial charge in [0.15, 0.2) is 0 Å². The van der Waals surface area contributed by atoms with Crippen molar-refractivity contribution in [2.45, 2.75) is 6.42 Å². The third-order valence-electron chi connectivity index (χ3n) is 2.90. The number of ether oxygens (including phenoxy) is 1. The standard InChI is InChI=1S/C14H21IN2O2/c1-17(2,11-15)10-4-9-16-14(18)12-5-7-13(19-3)8-6-12/h5-8H,4,9-11H2,1-3H3/p+1. The highest BCUT2D eigenvalue weighted by Gasteiger charge is 2.12. The normalized spacial score (nSPS) is 11.2. The minimum absolute atomic E-state index is 0.0255. The van der Waals surface area contributed by atoms with E-state index >= 15 is 0 Å².